The Morgan fingerprint density at radius 1 is 1.42 bits per heavy atom. The highest BCUT2D eigenvalue weighted by Crippen LogP contribution is 2.20. The molecule has 0 aliphatic heterocycles. The molecule has 19 heavy (non-hydrogen) atoms. The van der Waals surface area contributed by atoms with Crippen LogP contribution in [0.15, 0.2) is 27.7 Å². The summed E-state index contributed by atoms with van der Waals surface area (Å²) < 4.78 is 37.8. The van der Waals surface area contributed by atoms with Crippen LogP contribution >= 0.6 is 15.9 Å². The Morgan fingerprint density at radius 3 is 2.74 bits per heavy atom. The summed E-state index contributed by atoms with van der Waals surface area (Å²) in [6.45, 7) is -0.954. The van der Waals surface area contributed by atoms with Gasteiger partial charge in [-0.3, -0.25) is 9.78 Å². The monoisotopic (exact) mass is 337 g/mol. The highest BCUT2D eigenvalue weighted by atomic mass is 79.9. The molecule has 0 fully saturated rings. The maximum atomic E-state index is 12.2. The summed E-state index contributed by atoms with van der Waals surface area (Å²) in [4.78, 5) is 15.8. The molecule has 0 aromatic carbocycles. The number of alkyl halides is 3. The van der Waals surface area contributed by atoms with E-state index in [0.717, 1.165) is 0 Å². The fourth-order valence-electron chi connectivity index (χ4n) is 1.44. The van der Waals surface area contributed by atoms with Gasteiger partial charge in [-0.1, -0.05) is 0 Å². The second kappa shape index (κ2) is 4.89. The lowest BCUT2D eigenvalue weighted by atomic mass is 10.3. The maximum absolute atomic E-state index is 12.2. The minimum atomic E-state index is -4.80. The Morgan fingerprint density at radius 2 is 2.11 bits per heavy atom. The molecule has 2 heterocycles. The lowest BCUT2D eigenvalue weighted by molar-refractivity contribution is -0.208. The van der Waals surface area contributed by atoms with E-state index in [4.69, 9.17) is 5.11 Å². The molecule has 0 saturated heterocycles. The standard InChI is InChI=1S/C10H7BrF3N3O2/c11-5-1-6-7(15-2-5)3-16-17(9(6)19)4-8(18)10(12,13)14/h1-3,8,18H,4H2. The largest absolute Gasteiger partial charge is 0.416 e. The predicted molar refractivity (Wildman–Crippen MR) is 63.6 cm³/mol. The van der Waals surface area contributed by atoms with Crippen molar-refractivity contribution in [2.24, 2.45) is 0 Å². The molecule has 1 atom stereocenters. The molecule has 0 spiro atoms. The summed E-state index contributed by atoms with van der Waals surface area (Å²) in [7, 11) is 0. The van der Waals surface area contributed by atoms with Crippen LogP contribution in [-0.2, 0) is 6.54 Å². The number of aromatic nitrogens is 3. The topological polar surface area (TPSA) is 68.0 Å². The second-order valence-corrected chi connectivity index (χ2v) is 4.69. The summed E-state index contributed by atoms with van der Waals surface area (Å²) in [6, 6.07) is 1.43. The van der Waals surface area contributed by atoms with Gasteiger partial charge >= 0.3 is 6.18 Å². The SMILES string of the molecule is O=c1c2cc(Br)cnc2cnn1CC(O)C(F)(F)F. The molecular formula is C10H7BrF3N3O2. The molecular weight excluding hydrogens is 331 g/mol. The van der Waals surface area contributed by atoms with Crippen molar-refractivity contribution in [2.75, 3.05) is 0 Å². The number of aliphatic hydroxyl groups excluding tert-OH is 1. The highest BCUT2D eigenvalue weighted by Gasteiger charge is 2.38. The fourth-order valence-corrected chi connectivity index (χ4v) is 1.77. The molecule has 9 heteroatoms. The number of pyridine rings is 1. The Hall–Kier alpha value is -1.48. The first-order valence-electron chi connectivity index (χ1n) is 5.05. The van der Waals surface area contributed by atoms with Crippen LogP contribution in [0, 0.1) is 0 Å². The van der Waals surface area contributed by atoms with E-state index in [2.05, 4.69) is 26.0 Å². The lowest BCUT2D eigenvalue weighted by Crippen LogP contribution is -2.37. The number of hydrogen-bond acceptors (Lipinski definition) is 4. The summed E-state index contributed by atoms with van der Waals surface area (Å²) in [5.74, 6) is 0. The van der Waals surface area contributed by atoms with Crippen LogP contribution in [0.25, 0.3) is 10.9 Å². The molecule has 102 valence electrons. The molecule has 0 amide bonds. The summed E-state index contributed by atoms with van der Waals surface area (Å²) >= 11 is 3.11. The van der Waals surface area contributed by atoms with Gasteiger partial charge in [0.2, 0.25) is 0 Å². The zero-order valence-electron chi connectivity index (χ0n) is 9.23. The molecule has 0 bridgehead atoms. The smallest absolute Gasteiger partial charge is 0.382 e. The van der Waals surface area contributed by atoms with Crippen molar-refractivity contribution in [3.63, 3.8) is 0 Å². The minimum absolute atomic E-state index is 0.124. The number of rotatable bonds is 2. The third kappa shape index (κ3) is 2.92. The Kier molecular flexibility index (Phi) is 3.59. The summed E-state index contributed by atoms with van der Waals surface area (Å²) in [6.07, 6.45) is -4.83. The fraction of sp³-hybridized carbons (Fsp3) is 0.300. The third-order valence-electron chi connectivity index (χ3n) is 2.39. The quantitative estimate of drug-likeness (QED) is 0.901. The summed E-state index contributed by atoms with van der Waals surface area (Å²) in [5, 5.41) is 12.6. The molecule has 1 unspecified atom stereocenters. The predicted octanol–water partition coefficient (Wildman–Crippen LogP) is 1.48. The molecule has 0 aliphatic rings. The second-order valence-electron chi connectivity index (χ2n) is 3.78. The molecule has 0 aliphatic carbocycles. The van der Waals surface area contributed by atoms with Crippen LogP contribution in [0.2, 0.25) is 0 Å². The van der Waals surface area contributed by atoms with E-state index < -0.39 is 24.4 Å². The van der Waals surface area contributed by atoms with Crippen LogP contribution in [0.4, 0.5) is 13.2 Å². The average Bonchev–Trinajstić information content (AvgIpc) is 2.32. The first kappa shape index (κ1) is 13.9. The van der Waals surface area contributed by atoms with E-state index in [0.29, 0.717) is 9.15 Å². The highest BCUT2D eigenvalue weighted by molar-refractivity contribution is 9.10. The van der Waals surface area contributed by atoms with Gasteiger partial charge in [0, 0.05) is 10.7 Å². The van der Waals surface area contributed by atoms with Crippen LogP contribution in [0.1, 0.15) is 0 Å². The van der Waals surface area contributed by atoms with Crippen LogP contribution in [0.5, 0.6) is 0 Å². The zero-order chi connectivity index (χ0) is 14.2. The third-order valence-corrected chi connectivity index (χ3v) is 2.83. The molecule has 2 aromatic rings. The van der Waals surface area contributed by atoms with E-state index in [1.807, 2.05) is 0 Å². The number of nitrogens with zero attached hydrogens (tertiary/aromatic N) is 3. The van der Waals surface area contributed by atoms with Gasteiger partial charge < -0.3 is 5.11 Å². The van der Waals surface area contributed by atoms with Crippen LogP contribution < -0.4 is 5.56 Å². The van der Waals surface area contributed by atoms with Gasteiger partial charge in [-0.25, -0.2) is 4.68 Å². The molecule has 2 aromatic heterocycles. The van der Waals surface area contributed by atoms with E-state index in [9.17, 15) is 18.0 Å². The molecule has 5 nitrogen and oxygen atoms in total. The van der Waals surface area contributed by atoms with Gasteiger partial charge in [-0.2, -0.15) is 18.3 Å². The number of aliphatic hydroxyl groups is 1. The lowest BCUT2D eigenvalue weighted by Gasteiger charge is -2.15. The van der Waals surface area contributed by atoms with Crippen LogP contribution in [-0.4, -0.2) is 32.2 Å². The summed E-state index contributed by atoms with van der Waals surface area (Å²) in [5.41, 5.74) is -0.472. The van der Waals surface area contributed by atoms with E-state index in [1.54, 1.807) is 0 Å². The Labute approximate surface area is 112 Å². The number of hydrogen-bond donors (Lipinski definition) is 1. The maximum Gasteiger partial charge on any atom is 0.416 e. The van der Waals surface area contributed by atoms with Crippen molar-refractivity contribution in [1.29, 1.82) is 0 Å². The van der Waals surface area contributed by atoms with Crippen molar-refractivity contribution in [3.8, 4) is 0 Å². The van der Waals surface area contributed by atoms with Crippen molar-refractivity contribution < 1.29 is 18.3 Å². The molecule has 0 saturated carbocycles. The normalized spacial score (nSPS) is 13.7. The molecule has 2 rings (SSSR count). The van der Waals surface area contributed by atoms with Crippen molar-refractivity contribution in [2.45, 2.75) is 18.8 Å². The zero-order valence-corrected chi connectivity index (χ0v) is 10.8. The van der Waals surface area contributed by atoms with Crippen molar-refractivity contribution in [1.82, 2.24) is 14.8 Å². The first-order chi connectivity index (χ1) is 8.79. The molecule has 0 radical (unpaired) electrons. The van der Waals surface area contributed by atoms with E-state index in [-0.39, 0.29) is 10.9 Å². The van der Waals surface area contributed by atoms with E-state index in [1.165, 1.54) is 18.5 Å². The van der Waals surface area contributed by atoms with Gasteiger partial charge in [-0.05, 0) is 22.0 Å². The molecule has 1 N–H and O–H groups in total. The van der Waals surface area contributed by atoms with E-state index >= 15 is 0 Å². The minimum Gasteiger partial charge on any atom is -0.382 e. The van der Waals surface area contributed by atoms with Gasteiger partial charge in [0.15, 0.2) is 6.10 Å². The number of fused-ring (bicyclic) bond motifs is 1. The van der Waals surface area contributed by atoms with Crippen LogP contribution in [0.3, 0.4) is 0 Å². The van der Waals surface area contributed by atoms with Gasteiger partial charge in [0.25, 0.3) is 5.56 Å². The van der Waals surface area contributed by atoms with Crippen molar-refractivity contribution in [3.05, 3.63) is 33.3 Å². The van der Waals surface area contributed by atoms with Crippen molar-refractivity contribution >= 4 is 26.8 Å². The number of halogens is 4. The van der Waals surface area contributed by atoms with Gasteiger partial charge in [-0.15, -0.1) is 0 Å². The average molecular weight is 338 g/mol. The first-order valence-corrected chi connectivity index (χ1v) is 5.84. The Bertz CT molecular complexity index is 671. The van der Waals surface area contributed by atoms with Gasteiger partial charge in [0.05, 0.1) is 23.6 Å². The van der Waals surface area contributed by atoms with Gasteiger partial charge in [0.1, 0.15) is 0 Å². The Balaban J connectivity index is 2.46.